The Hall–Kier alpha value is -2.34. The van der Waals surface area contributed by atoms with Crippen molar-refractivity contribution in [3.8, 4) is 0 Å². The molecule has 138 valence electrons. The monoisotopic (exact) mass is 354 g/mol. The molecule has 0 spiro atoms. The van der Waals surface area contributed by atoms with Gasteiger partial charge in [0.2, 0.25) is 0 Å². The van der Waals surface area contributed by atoms with Crippen LogP contribution in [0.2, 0.25) is 0 Å². The van der Waals surface area contributed by atoms with Crippen LogP contribution in [0.1, 0.15) is 73.1 Å². The molecule has 0 atom stereocenters. The van der Waals surface area contributed by atoms with Gasteiger partial charge in [-0.05, 0) is 59.8 Å². The lowest BCUT2D eigenvalue weighted by Crippen LogP contribution is -2.12. The second-order valence-corrected chi connectivity index (χ2v) is 8.05. The molecule has 0 radical (unpaired) electrons. The number of hydrogen-bond acceptors (Lipinski definition) is 0. The molecule has 1 saturated carbocycles. The second-order valence-electron chi connectivity index (χ2n) is 8.05. The fourth-order valence-corrected chi connectivity index (χ4v) is 4.73. The number of hydrogen-bond donors (Lipinski definition) is 0. The third kappa shape index (κ3) is 4.16. The highest BCUT2D eigenvalue weighted by molar-refractivity contribution is 5.43. The molecule has 1 aliphatic carbocycles. The van der Waals surface area contributed by atoms with E-state index in [9.17, 15) is 0 Å². The largest absolute Gasteiger partial charge is 0.0651 e. The summed E-state index contributed by atoms with van der Waals surface area (Å²) in [5, 5.41) is 0. The Labute approximate surface area is 164 Å². The van der Waals surface area contributed by atoms with Crippen LogP contribution in [0.5, 0.6) is 0 Å². The van der Waals surface area contributed by atoms with E-state index in [2.05, 4.69) is 91.9 Å². The van der Waals surface area contributed by atoms with Crippen molar-refractivity contribution in [2.24, 2.45) is 5.92 Å². The lowest BCUT2D eigenvalue weighted by molar-refractivity contribution is 0.319. The third-order valence-electron chi connectivity index (χ3n) is 6.43. The molecule has 0 N–H and O–H groups in total. The highest BCUT2D eigenvalue weighted by Crippen LogP contribution is 2.38. The van der Waals surface area contributed by atoms with Crippen LogP contribution in [0.15, 0.2) is 84.9 Å². The SMILES string of the molecule is CCC1CCC(c2ccc(C(c3ccccc3)c3ccccc3)cc2)CC1. The summed E-state index contributed by atoms with van der Waals surface area (Å²) in [6.45, 7) is 2.34. The molecule has 0 bridgehead atoms. The predicted octanol–water partition coefficient (Wildman–Crippen LogP) is 7.55. The average Bonchev–Trinajstić information content (AvgIpc) is 2.76. The van der Waals surface area contributed by atoms with E-state index in [1.807, 2.05) is 0 Å². The molecule has 0 aromatic heterocycles. The maximum absolute atomic E-state index is 2.39. The minimum absolute atomic E-state index is 0.303. The topological polar surface area (TPSA) is 0 Å². The van der Waals surface area contributed by atoms with E-state index >= 15 is 0 Å². The van der Waals surface area contributed by atoms with E-state index < -0.39 is 0 Å². The van der Waals surface area contributed by atoms with E-state index in [-0.39, 0.29) is 0 Å². The van der Waals surface area contributed by atoms with Gasteiger partial charge in [-0.3, -0.25) is 0 Å². The second kappa shape index (κ2) is 8.57. The molecular formula is C27H30. The summed E-state index contributed by atoms with van der Waals surface area (Å²) >= 11 is 0. The molecule has 0 nitrogen and oxygen atoms in total. The van der Waals surface area contributed by atoms with Gasteiger partial charge in [0, 0.05) is 5.92 Å². The van der Waals surface area contributed by atoms with Crippen LogP contribution in [0.4, 0.5) is 0 Å². The van der Waals surface area contributed by atoms with Crippen molar-refractivity contribution in [2.75, 3.05) is 0 Å². The molecule has 0 heteroatoms. The van der Waals surface area contributed by atoms with Gasteiger partial charge in [-0.25, -0.2) is 0 Å². The van der Waals surface area contributed by atoms with Crippen LogP contribution in [-0.4, -0.2) is 0 Å². The molecule has 0 saturated heterocycles. The minimum Gasteiger partial charge on any atom is -0.0651 e. The summed E-state index contributed by atoms with van der Waals surface area (Å²) in [7, 11) is 0. The molecule has 4 rings (SSSR count). The highest BCUT2D eigenvalue weighted by Gasteiger charge is 2.22. The molecule has 1 aliphatic rings. The summed E-state index contributed by atoms with van der Waals surface area (Å²) in [5.41, 5.74) is 5.64. The van der Waals surface area contributed by atoms with Gasteiger partial charge in [0.15, 0.2) is 0 Å². The van der Waals surface area contributed by atoms with Crippen molar-refractivity contribution in [1.29, 1.82) is 0 Å². The molecule has 0 heterocycles. The van der Waals surface area contributed by atoms with Gasteiger partial charge < -0.3 is 0 Å². The van der Waals surface area contributed by atoms with Crippen LogP contribution >= 0.6 is 0 Å². The zero-order chi connectivity index (χ0) is 18.5. The first-order valence-corrected chi connectivity index (χ1v) is 10.5. The van der Waals surface area contributed by atoms with Gasteiger partial charge in [-0.15, -0.1) is 0 Å². The fourth-order valence-electron chi connectivity index (χ4n) is 4.73. The molecule has 0 aliphatic heterocycles. The van der Waals surface area contributed by atoms with Crippen molar-refractivity contribution in [2.45, 2.75) is 50.9 Å². The zero-order valence-electron chi connectivity index (χ0n) is 16.4. The van der Waals surface area contributed by atoms with E-state index in [4.69, 9.17) is 0 Å². The van der Waals surface area contributed by atoms with Crippen LogP contribution in [-0.2, 0) is 0 Å². The van der Waals surface area contributed by atoms with Gasteiger partial charge in [0.25, 0.3) is 0 Å². The maximum Gasteiger partial charge on any atom is 0.0339 e. The number of benzene rings is 3. The Morgan fingerprint density at radius 2 is 1.11 bits per heavy atom. The third-order valence-corrected chi connectivity index (χ3v) is 6.43. The van der Waals surface area contributed by atoms with Crippen LogP contribution in [0.3, 0.4) is 0 Å². The summed E-state index contributed by atoms with van der Waals surface area (Å²) in [6, 6.07) is 31.3. The standard InChI is InChI=1S/C27H30/c1-2-21-13-15-22(16-14-21)23-17-19-26(20-18-23)27(24-9-5-3-6-10-24)25-11-7-4-8-12-25/h3-12,17-22,27H,2,13-16H2,1H3. The first kappa shape index (κ1) is 18.0. The van der Waals surface area contributed by atoms with Gasteiger partial charge in [-0.1, -0.05) is 98.3 Å². The molecule has 0 unspecified atom stereocenters. The lowest BCUT2D eigenvalue weighted by Gasteiger charge is -2.28. The van der Waals surface area contributed by atoms with Crippen molar-refractivity contribution < 1.29 is 0 Å². The van der Waals surface area contributed by atoms with E-state index in [1.165, 1.54) is 54.4 Å². The quantitative estimate of drug-likeness (QED) is 0.415. The van der Waals surface area contributed by atoms with Gasteiger partial charge >= 0.3 is 0 Å². The van der Waals surface area contributed by atoms with Crippen molar-refractivity contribution >= 4 is 0 Å². The van der Waals surface area contributed by atoms with Crippen molar-refractivity contribution in [3.05, 3.63) is 107 Å². The maximum atomic E-state index is 2.39. The molecular weight excluding hydrogens is 324 g/mol. The van der Waals surface area contributed by atoms with Crippen molar-refractivity contribution in [1.82, 2.24) is 0 Å². The molecule has 3 aromatic rings. The smallest absolute Gasteiger partial charge is 0.0339 e. The Kier molecular flexibility index (Phi) is 5.72. The Morgan fingerprint density at radius 3 is 1.59 bits per heavy atom. The van der Waals surface area contributed by atoms with Crippen LogP contribution in [0.25, 0.3) is 0 Å². The normalized spacial score (nSPS) is 19.9. The van der Waals surface area contributed by atoms with Gasteiger partial charge in [-0.2, -0.15) is 0 Å². The summed E-state index contributed by atoms with van der Waals surface area (Å²) in [4.78, 5) is 0. The van der Waals surface area contributed by atoms with E-state index in [0.717, 1.165) is 11.8 Å². The molecule has 3 aromatic carbocycles. The van der Waals surface area contributed by atoms with Crippen LogP contribution in [0, 0.1) is 5.92 Å². The minimum atomic E-state index is 0.303. The highest BCUT2D eigenvalue weighted by atomic mass is 14.3. The first-order chi connectivity index (χ1) is 13.3. The summed E-state index contributed by atoms with van der Waals surface area (Å²) in [6.07, 6.45) is 6.87. The summed E-state index contributed by atoms with van der Waals surface area (Å²) in [5.74, 6) is 2.02. The molecule has 27 heavy (non-hydrogen) atoms. The van der Waals surface area contributed by atoms with E-state index in [0.29, 0.717) is 5.92 Å². The van der Waals surface area contributed by atoms with Crippen molar-refractivity contribution in [3.63, 3.8) is 0 Å². The molecule has 1 fully saturated rings. The fraction of sp³-hybridized carbons (Fsp3) is 0.333. The first-order valence-electron chi connectivity index (χ1n) is 10.5. The van der Waals surface area contributed by atoms with Gasteiger partial charge in [0.05, 0.1) is 0 Å². The Bertz CT molecular complexity index is 769. The zero-order valence-corrected chi connectivity index (χ0v) is 16.4. The van der Waals surface area contributed by atoms with E-state index in [1.54, 1.807) is 0 Å². The summed E-state index contributed by atoms with van der Waals surface area (Å²) < 4.78 is 0. The Morgan fingerprint density at radius 1 is 0.630 bits per heavy atom. The molecule has 0 amide bonds. The lowest BCUT2D eigenvalue weighted by atomic mass is 9.77. The number of rotatable bonds is 5. The van der Waals surface area contributed by atoms with Gasteiger partial charge in [0.1, 0.15) is 0 Å². The predicted molar refractivity (Wildman–Crippen MR) is 115 cm³/mol. The average molecular weight is 355 g/mol. The van der Waals surface area contributed by atoms with Crippen LogP contribution < -0.4 is 0 Å². The Balaban J connectivity index is 1.60.